The van der Waals surface area contributed by atoms with Crippen molar-refractivity contribution in [3.05, 3.63) is 50.4 Å². The van der Waals surface area contributed by atoms with Crippen molar-refractivity contribution >= 4 is 44.1 Å². The molecule has 2 rings (SSSR count). The van der Waals surface area contributed by atoms with E-state index in [0.29, 0.717) is 23.3 Å². The van der Waals surface area contributed by atoms with E-state index in [1.165, 1.54) is 25.3 Å². The van der Waals surface area contributed by atoms with Gasteiger partial charge in [0.25, 0.3) is 0 Å². The van der Waals surface area contributed by atoms with E-state index in [1.54, 1.807) is 0 Å². The van der Waals surface area contributed by atoms with Crippen LogP contribution in [0.25, 0.3) is 0 Å². The van der Waals surface area contributed by atoms with Gasteiger partial charge in [0.2, 0.25) is 0 Å². The van der Waals surface area contributed by atoms with Gasteiger partial charge in [-0.15, -0.1) is 0 Å². The van der Waals surface area contributed by atoms with Crippen molar-refractivity contribution in [1.82, 2.24) is 0 Å². The van der Waals surface area contributed by atoms with Gasteiger partial charge in [-0.1, -0.05) is 15.9 Å². The molecule has 0 radical (unpaired) electrons. The lowest BCUT2D eigenvalue weighted by atomic mass is 10.2. The van der Waals surface area contributed by atoms with Crippen LogP contribution in [-0.4, -0.2) is 26.0 Å². The van der Waals surface area contributed by atoms with Crippen LogP contribution >= 0.6 is 31.9 Å². The van der Waals surface area contributed by atoms with E-state index < -0.39 is 5.97 Å². The van der Waals surface area contributed by atoms with E-state index in [2.05, 4.69) is 31.9 Å². The van der Waals surface area contributed by atoms with Crippen LogP contribution in [0.1, 0.15) is 15.9 Å². The summed E-state index contributed by atoms with van der Waals surface area (Å²) in [5, 5.41) is 0. The van der Waals surface area contributed by atoms with Crippen LogP contribution in [0.15, 0.2) is 39.3 Å². The van der Waals surface area contributed by atoms with E-state index >= 15 is 0 Å². The van der Waals surface area contributed by atoms with Crippen molar-refractivity contribution in [1.29, 1.82) is 0 Å². The Morgan fingerprint density at radius 1 is 1.17 bits per heavy atom. The average molecular weight is 458 g/mol. The standard InChI is InChI=1S/C17H14Br2O5/c1-10-5-12(18)7-13(19)17(10)23-9-16(21)24-14-4-3-11(8-20)6-15(14)22-2/h3-8H,9H2,1-2H3. The Bertz CT molecular complexity index is 751. The second-order valence-corrected chi connectivity index (χ2v) is 6.59. The lowest BCUT2D eigenvalue weighted by molar-refractivity contribution is -0.136. The van der Waals surface area contributed by atoms with E-state index in [9.17, 15) is 9.59 Å². The largest absolute Gasteiger partial charge is 0.493 e. The summed E-state index contributed by atoms with van der Waals surface area (Å²) in [7, 11) is 1.43. The molecule has 0 heterocycles. The number of hydrogen-bond donors (Lipinski definition) is 0. The Kier molecular flexibility index (Phi) is 6.39. The number of aldehydes is 1. The van der Waals surface area contributed by atoms with Crippen LogP contribution in [0.2, 0.25) is 0 Å². The Labute approximate surface area is 156 Å². The number of ether oxygens (including phenoxy) is 3. The number of esters is 1. The van der Waals surface area contributed by atoms with Gasteiger partial charge in [0.15, 0.2) is 18.1 Å². The maximum absolute atomic E-state index is 12.0. The highest BCUT2D eigenvalue weighted by molar-refractivity contribution is 9.11. The number of carbonyl (C=O) groups is 2. The van der Waals surface area contributed by atoms with E-state index in [1.807, 2.05) is 19.1 Å². The third-order valence-corrected chi connectivity index (χ3v) is 4.12. The molecule has 0 aromatic heterocycles. The molecule has 0 bridgehead atoms. The summed E-state index contributed by atoms with van der Waals surface area (Å²) in [6.07, 6.45) is 0.686. The molecule has 0 N–H and O–H groups in total. The molecule has 0 aliphatic carbocycles. The van der Waals surface area contributed by atoms with Crippen molar-refractivity contribution in [3.63, 3.8) is 0 Å². The molecule has 24 heavy (non-hydrogen) atoms. The first-order chi connectivity index (χ1) is 11.4. The van der Waals surface area contributed by atoms with Crippen LogP contribution in [0.3, 0.4) is 0 Å². The van der Waals surface area contributed by atoms with Gasteiger partial charge in [0.05, 0.1) is 11.6 Å². The topological polar surface area (TPSA) is 61.8 Å². The lowest BCUT2D eigenvalue weighted by Gasteiger charge is -2.12. The molecule has 0 unspecified atom stereocenters. The fourth-order valence-corrected chi connectivity index (χ4v) is 3.55. The lowest BCUT2D eigenvalue weighted by Crippen LogP contribution is -2.18. The van der Waals surface area contributed by atoms with Gasteiger partial charge in [-0.25, -0.2) is 4.79 Å². The zero-order chi connectivity index (χ0) is 17.7. The number of aryl methyl sites for hydroxylation is 1. The first-order valence-electron chi connectivity index (χ1n) is 6.87. The van der Waals surface area contributed by atoms with Gasteiger partial charge in [-0.3, -0.25) is 4.79 Å². The second kappa shape index (κ2) is 8.30. The average Bonchev–Trinajstić information content (AvgIpc) is 2.54. The van der Waals surface area contributed by atoms with Crippen LogP contribution in [0.4, 0.5) is 0 Å². The second-order valence-electron chi connectivity index (χ2n) is 4.82. The fourth-order valence-electron chi connectivity index (χ4n) is 2.00. The molecule has 0 aliphatic heterocycles. The Hall–Kier alpha value is -1.86. The van der Waals surface area contributed by atoms with Crippen molar-refractivity contribution in [2.75, 3.05) is 13.7 Å². The van der Waals surface area contributed by atoms with Gasteiger partial charge < -0.3 is 14.2 Å². The summed E-state index contributed by atoms with van der Waals surface area (Å²) in [6.45, 7) is 1.61. The highest BCUT2D eigenvalue weighted by Gasteiger charge is 2.14. The number of carbonyl (C=O) groups excluding carboxylic acids is 2. The highest BCUT2D eigenvalue weighted by atomic mass is 79.9. The predicted molar refractivity (Wildman–Crippen MR) is 96.1 cm³/mol. The van der Waals surface area contributed by atoms with Crippen LogP contribution in [0.5, 0.6) is 17.2 Å². The Balaban J connectivity index is 2.05. The maximum Gasteiger partial charge on any atom is 0.349 e. The molecule has 0 saturated heterocycles. The molecule has 0 fully saturated rings. The molecule has 0 spiro atoms. The minimum atomic E-state index is -0.582. The zero-order valence-corrected chi connectivity index (χ0v) is 16.1. The van der Waals surface area contributed by atoms with Crippen molar-refractivity contribution in [3.8, 4) is 17.2 Å². The first kappa shape index (κ1) is 18.5. The van der Waals surface area contributed by atoms with Gasteiger partial charge >= 0.3 is 5.97 Å². The molecule has 2 aromatic carbocycles. The molecule has 5 nitrogen and oxygen atoms in total. The number of rotatable bonds is 6. The van der Waals surface area contributed by atoms with E-state index in [0.717, 1.165) is 14.5 Å². The van der Waals surface area contributed by atoms with Gasteiger partial charge in [-0.2, -0.15) is 0 Å². The molecule has 7 heteroatoms. The van der Waals surface area contributed by atoms with Gasteiger partial charge in [0, 0.05) is 10.0 Å². The third-order valence-electron chi connectivity index (χ3n) is 3.08. The summed E-state index contributed by atoms with van der Waals surface area (Å²) >= 11 is 6.78. The molecule has 126 valence electrons. The highest BCUT2D eigenvalue weighted by Crippen LogP contribution is 2.32. The quantitative estimate of drug-likeness (QED) is 0.367. The van der Waals surface area contributed by atoms with Crippen LogP contribution < -0.4 is 14.2 Å². The fraction of sp³-hybridized carbons (Fsp3) is 0.176. The summed E-state index contributed by atoms with van der Waals surface area (Å²) in [6, 6.07) is 8.24. The zero-order valence-electron chi connectivity index (χ0n) is 13.0. The smallest absolute Gasteiger partial charge is 0.349 e. The summed E-state index contributed by atoms with van der Waals surface area (Å²) in [5.41, 5.74) is 1.30. The summed E-state index contributed by atoms with van der Waals surface area (Å²) in [5.74, 6) is 0.511. The van der Waals surface area contributed by atoms with Crippen LogP contribution in [-0.2, 0) is 4.79 Å². The molecule has 0 atom stereocenters. The molecule has 0 saturated carbocycles. The maximum atomic E-state index is 12.0. The molecular weight excluding hydrogens is 444 g/mol. The number of hydrogen-bond acceptors (Lipinski definition) is 5. The minimum absolute atomic E-state index is 0.225. The summed E-state index contributed by atoms with van der Waals surface area (Å²) < 4.78 is 17.5. The SMILES string of the molecule is COc1cc(C=O)ccc1OC(=O)COc1c(C)cc(Br)cc1Br. The normalized spacial score (nSPS) is 10.2. The van der Waals surface area contributed by atoms with Gasteiger partial charge in [0.1, 0.15) is 12.0 Å². The Morgan fingerprint density at radius 3 is 2.54 bits per heavy atom. The van der Waals surface area contributed by atoms with Crippen molar-refractivity contribution in [2.24, 2.45) is 0 Å². The minimum Gasteiger partial charge on any atom is -0.493 e. The number of methoxy groups -OCH3 is 1. The van der Waals surface area contributed by atoms with Crippen LogP contribution in [0, 0.1) is 6.92 Å². The summed E-state index contributed by atoms with van der Waals surface area (Å²) in [4.78, 5) is 22.8. The van der Waals surface area contributed by atoms with E-state index in [-0.39, 0.29) is 12.4 Å². The van der Waals surface area contributed by atoms with Gasteiger partial charge in [-0.05, 0) is 58.7 Å². The molecular formula is C17H14Br2O5. The molecule has 2 aromatic rings. The third kappa shape index (κ3) is 4.58. The number of benzene rings is 2. The van der Waals surface area contributed by atoms with E-state index in [4.69, 9.17) is 14.2 Å². The monoisotopic (exact) mass is 456 g/mol. The predicted octanol–water partition coefficient (Wildman–Crippen LogP) is 4.33. The number of halogens is 2. The van der Waals surface area contributed by atoms with Crippen molar-refractivity contribution < 1.29 is 23.8 Å². The molecule has 0 aliphatic rings. The van der Waals surface area contributed by atoms with Crippen molar-refractivity contribution in [2.45, 2.75) is 6.92 Å². The Morgan fingerprint density at radius 2 is 1.92 bits per heavy atom. The first-order valence-corrected chi connectivity index (χ1v) is 8.45. The molecule has 0 amide bonds.